The fourth-order valence-corrected chi connectivity index (χ4v) is 3.04. The minimum atomic E-state index is 0.922. The zero-order chi connectivity index (χ0) is 8.39. The van der Waals surface area contributed by atoms with Crippen molar-refractivity contribution in [2.45, 2.75) is 51.0 Å². The molecule has 1 aliphatic carbocycles. The fourth-order valence-electron chi connectivity index (χ4n) is 3.04. The minimum absolute atomic E-state index is 0.922. The molecule has 70 valence electrons. The third kappa shape index (κ3) is 1.66. The van der Waals surface area contributed by atoms with E-state index in [2.05, 4.69) is 7.05 Å². The molecule has 0 aromatic carbocycles. The van der Waals surface area contributed by atoms with Crippen LogP contribution in [0.4, 0.5) is 0 Å². The molecule has 2 fully saturated rings. The van der Waals surface area contributed by atoms with Crippen molar-refractivity contribution in [1.29, 1.82) is 0 Å². The highest BCUT2D eigenvalue weighted by Crippen LogP contribution is 2.28. The highest BCUT2D eigenvalue weighted by Gasteiger charge is 2.30. The lowest BCUT2D eigenvalue weighted by Gasteiger charge is -2.33. The van der Waals surface area contributed by atoms with Crippen LogP contribution in [0, 0.1) is 13.0 Å². The first kappa shape index (κ1) is 8.55. The average molecular weight is 167 g/mol. The molecule has 0 spiro atoms. The van der Waals surface area contributed by atoms with Gasteiger partial charge in [0.05, 0.1) is 12.6 Å². The average Bonchev–Trinajstić information content (AvgIpc) is 2.53. The molecule has 1 heteroatoms. The van der Waals surface area contributed by atoms with Crippen molar-refractivity contribution in [3.8, 4) is 0 Å². The van der Waals surface area contributed by atoms with Gasteiger partial charge >= 0.3 is 0 Å². The summed E-state index contributed by atoms with van der Waals surface area (Å²) < 4.78 is 0. The molecule has 2 rings (SSSR count). The van der Waals surface area contributed by atoms with E-state index in [4.69, 9.17) is 0 Å². The molecule has 1 saturated carbocycles. The number of hydrogen-bond donors (Lipinski definition) is 1. The zero-order valence-electron chi connectivity index (χ0n) is 8.02. The Hall–Kier alpha value is -0.0400. The van der Waals surface area contributed by atoms with Gasteiger partial charge in [-0.2, -0.15) is 7.05 Å². The van der Waals surface area contributed by atoms with E-state index in [9.17, 15) is 0 Å². The van der Waals surface area contributed by atoms with Crippen molar-refractivity contribution in [1.82, 2.24) is 0 Å². The van der Waals surface area contributed by atoms with Crippen molar-refractivity contribution < 1.29 is 4.90 Å². The topological polar surface area (TPSA) is 4.44 Å². The van der Waals surface area contributed by atoms with Crippen LogP contribution in [-0.4, -0.2) is 12.6 Å². The van der Waals surface area contributed by atoms with Crippen LogP contribution in [0.5, 0.6) is 0 Å². The van der Waals surface area contributed by atoms with E-state index in [1.807, 2.05) is 0 Å². The lowest BCUT2D eigenvalue weighted by atomic mass is 9.83. The van der Waals surface area contributed by atoms with E-state index in [-0.39, 0.29) is 0 Å². The third-order valence-corrected chi connectivity index (χ3v) is 3.76. The van der Waals surface area contributed by atoms with E-state index in [1.54, 1.807) is 4.90 Å². The summed E-state index contributed by atoms with van der Waals surface area (Å²) in [7, 11) is 4.21. The molecule has 0 radical (unpaired) electrons. The maximum Gasteiger partial charge on any atom is 0.0665 e. The molecule has 2 atom stereocenters. The van der Waals surface area contributed by atoms with E-state index in [0.717, 1.165) is 12.0 Å². The molecule has 12 heavy (non-hydrogen) atoms. The second-order valence-electron chi connectivity index (χ2n) is 4.56. The number of hydrogen-bond acceptors (Lipinski definition) is 0. The Morgan fingerprint density at radius 1 is 0.917 bits per heavy atom. The molecule has 1 nitrogen and oxygen atoms in total. The largest absolute Gasteiger partial charge is 0.465 e. The van der Waals surface area contributed by atoms with Gasteiger partial charge in [0.1, 0.15) is 0 Å². The van der Waals surface area contributed by atoms with Crippen LogP contribution in [0.15, 0.2) is 0 Å². The maximum atomic E-state index is 4.21. The first-order chi connectivity index (χ1) is 5.88. The predicted octanol–water partition coefficient (Wildman–Crippen LogP) is 1.41. The van der Waals surface area contributed by atoms with Crippen LogP contribution in [-0.2, 0) is 0 Å². The molecule has 1 saturated heterocycles. The van der Waals surface area contributed by atoms with E-state index < -0.39 is 0 Å². The highest BCUT2D eigenvalue weighted by molar-refractivity contribution is 4.75. The number of likely N-dealkylation sites (tertiary alicyclic amines) is 1. The van der Waals surface area contributed by atoms with Crippen LogP contribution >= 0.6 is 0 Å². The molecular formula is C11H21N. The monoisotopic (exact) mass is 167 g/mol. The van der Waals surface area contributed by atoms with Crippen molar-refractivity contribution in [2.24, 2.45) is 5.92 Å². The molecule has 1 N–H and O–H groups in total. The summed E-state index contributed by atoms with van der Waals surface area (Å²) in [6, 6.07) is 0.922. The van der Waals surface area contributed by atoms with E-state index in [1.165, 1.54) is 51.5 Å². The summed E-state index contributed by atoms with van der Waals surface area (Å²) in [5, 5.41) is 0. The van der Waals surface area contributed by atoms with Crippen molar-refractivity contribution in [3.05, 3.63) is 7.05 Å². The van der Waals surface area contributed by atoms with Crippen molar-refractivity contribution in [3.63, 3.8) is 0 Å². The number of rotatable bonds is 1. The molecule has 1 aliphatic heterocycles. The molecule has 0 bridgehead atoms. The Balaban J connectivity index is 1.89. The van der Waals surface area contributed by atoms with Crippen molar-refractivity contribution >= 4 is 0 Å². The highest BCUT2D eigenvalue weighted by atomic mass is 15.1. The normalized spacial score (nSPS) is 38.8. The van der Waals surface area contributed by atoms with Gasteiger partial charge < -0.3 is 4.90 Å². The molecule has 2 unspecified atom stereocenters. The predicted molar refractivity (Wildman–Crippen MR) is 50.8 cm³/mol. The van der Waals surface area contributed by atoms with E-state index in [0.29, 0.717) is 0 Å². The summed E-state index contributed by atoms with van der Waals surface area (Å²) in [6.07, 6.45) is 10.3. The molecule has 0 amide bonds. The SMILES string of the molecule is [CH2-][NH+]1CCCC1C1CCCCC1. The third-order valence-electron chi connectivity index (χ3n) is 3.76. The van der Waals surface area contributed by atoms with Crippen molar-refractivity contribution in [2.75, 3.05) is 6.54 Å². The Morgan fingerprint density at radius 2 is 1.67 bits per heavy atom. The standard InChI is InChI=1S/C11H21N/c1-12-9-5-8-11(12)10-6-3-2-4-7-10/h10-12H,1-9H2. The summed E-state index contributed by atoms with van der Waals surface area (Å²) in [5.74, 6) is 1.02. The first-order valence-electron chi connectivity index (χ1n) is 5.55. The Kier molecular flexibility index (Phi) is 2.69. The van der Waals surface area contributed by atoms with Crippen LogP contribution in [0.1, 0.15) is 44.9 Å². The fraction of sp³-hybridized carbons (Fsp3) is 0.909. The smallest absolute Gasteiger partial charge is 0.0665 e. The number of nitrogens with one attached hydrogen (secondary N) is 1. The Labute approximate surface area is 76.1 Å². The summed E-state index contributed by atoms with van der Waals surface area (Å²) in [4.78, 5) is 1.57. The zero-order valence-corrected chi connectivity index (χ0v) is 8.02. The van der Waals surface area contributed by atoms with Crippen LogP contribution < -0.4 is 4.90 Å². The Morgan fingerprint density at radius 3 is 2.25 bits per heavy atom. The number of quaternary nitrogens is 1. The second kappa shape index (κ2) is 3.78. The Bertz CT molecular complexity index is 138. The summed E-state index contributed by atoms with van der Waals surface area (Å²) in [6.45, 7) is 1.32. The molecule has 0 aromatic heterocycles. The molecular weight excluding hydrogens is 146 g/mol. The van der Waals surface area contributed by atoms with Gasteiger partial charge in [-0.1, -0.05) is 19.3 Å². The van der Waals surface area contributed by atoms with E-state index >= 15 is 0 Å². The van der Waals surface area contributed by atoms with Crippen LogP contribution in [0.3, 0.4) is 0 Å². The summed E-state index contributed by atoms with van der Waals surface area (Å²) in [5.41, 5.74) is 0. The van der Waals surface area contributed by atoms with Gasteiger partial charge in [0.25, 0.3) is 0 Å². The van der Waals surface area contributed by atoms with Crippen LogP contribution in [0.2, 0.25) is 0 Å². The van der Waals surface area contributed by atoms with Gasteiger partial charge in [-0.05, 0) is 19.3 Å². The molecule has 1 heterocycles. The minimum Gasteiger partial charge on any atom is -0.465 e. The lowest BCUT2D eigenvalue weighted by molar-refractivity contribution is -0.871. The van der Waals surface area contributed by atoms with Gasteiger partial charge in [-0.3, -0.25) is 0 Å². The second-order valence-corrected chi connectivity index (χ2v) is 4.56. The van der Waals surface area contributed by atoms with Crippen LogP contribution in [0.25, 0.3) is 0 Å². The maximum absolute atomic E-state index is 4.21. The van der Waals surface area contributed by atoms with Gasteiger partial charge in [0.15, 0.2) is 0 Å². The first-order valence-corrected chi connectivity index (χ1v) is 5.55. The summed E-state index contributed by atoms with van der Waals surface area (Å²) >= 11 is 0. The molecule has 2 aliphatic rings. The molecule has 0 aromatic rings. The van der Waals surface area contributed by atoms with Gasteiger partial charge in [-0.15, -0.1) is 0 Å². The van der Waals surface area contributed by atoms with Gasteiger partial charge in [-0.25, -0.2) is 0 Å². The lowest BCUT2D eigenvalue weighted by Crippen LogP contribution is -3.09. The van der Waals surface area contributed by atoms with Gasteiger partial charge in [0.2, 0.25) is 0 Å². The van der Waals surface area contributed by atoms with Gasteiger partial charge in [0, 0.05) is 12.3 Å². The quantitative estimate of drug-likeness (QED) is 0.563.